The van der Waals surface area contributed by atoms with Crippen LogP contribution in [-0.4, -0.2) is 40.6 Å². The fourth-order valence-electron chi connectivity index (χ4n) is 3.32. The molecule has 1 N–H and O–H groups in total. The van der Waals surface area contributed by atoms with Gasteiger partial charge in [0, 0.05) is 18.7 Å². The van der Waals surface area contributed by atoms with E-state index >= 15 is 0 Å². The zero-order valence-corrected chi connectivity index (χ0v) is 22.4. The number of nitrogens with zero attached hydrogens (tertiary/aromatic N) is 3. The van der Waals surface area contributed by atoms with Crippen molar-refractivity contribution in [2.45, 2.75) is 51.4 Å². The number of rotatable bonds is 10. The third kappa shape index (κ3) is 6.82. The van der Waals surface area contributed by atoms with E-state index in [4.69, 9.17) is 25.8 Å². The maximum Gasteiger partial charge on any atom is 0.234 e. The molecule has 1 amide bonds. The normalized spacial score (nSPS) is 11.3. The fraction of sp³-hybridized carbons (Fsp3) is 0.400. The second-order valence-electron chi connectivity index (χ2n) is 8.73. The Morgan fingerprint density at radius 3 is 2.37 bits per heavy atom. The largest absolute Gasteiger partial charge is 0.495 e. The Kier molecular flexibility index (Phi) is 8.91. The van der Waals surface area contributed by atoms with Gasteiger partial charge in [-0.05, 0) is 30.0 Å². The molecular formula is C25H31ClN4O4S. The van der Waals surface area contributed by atoms with Gasteiger partial charge in [-0.3, -0.25) is 4.79 Å². The standard InChI is InChI=1S/C25H31ClN4O4S/c1-7-30-22(14-34-17-10-8-16(9-11-17)25(2,3)4)28-29-24(30)35-15-23(31)27-19-13-20(32-5)18(26)12-21(19)33-6/h8-13H,7,14-15H2,1-6H3,(H,27,31). The van der Waals surface area contributed by atoms with Crippen LogP contribution in [0.5, 0.6) is 17.2 Å². The molecule has 0 aliphatic heterocycles. The van der Waals surface area contributed by atoms with Gasteiger partial charge in [0.1, 0.15) is 23.9 Å². The molecule has 0 aliphatic carbocycles. The van der Waals surface area contributed by atoms with Crippen molar-refractivity contribution in [2.75, 3.05) is 25.3 Å². The minimum atomic E-state index is -0.222. The monoisotopic (exact) mass is 518 g/mol. The summed E-state index contributed by atoms with van der Waals surface area (Å²) in [5.74, 6) is 2.27. The van der Waals surface area contributed by atoms with Crippen LogP contribution >= 0.6 is 23.4 Å². The van der Waals surface area contributed by atoms with E-state index < -0.39 is 0 Å². The Bertz CT molecular complexity index is 1160. The molecule has 0 atom stereocenters. The van der Waals surface area contributed by atoms with E-state index in [9.17, 15) is 4.79 Å². The highest BCUT2D eigenvalue weighted by Gasteiger charge is 2.17. The molecule has 188 valence electrons. The lowest BCUT2D eigenvalue weighted by atomic mass is 9.87. The summed E-state index contributed by atoms with van der Waals surface area (Å²) in [4.78, 5) is 12.6. The minimum Gasteiger partial charge on any atom is -0.495 e. The number of methoxy groups -OCH3 is 2. The van der Waals surface area contributed by atoms with Crippen LogP contribution in [0.25, 0.3) is 0 Å². The SMILES string of the molecule is CCn1c(COc2ccc(C(C)(C)C)cc2)nnc1SCC(=O)Nc1cc(OC)c(Cl)cc1OC. The van der Waals surface area contributed by atoms with Crippen LogP contribution in [0.1, 0.15) is 39.1 Å². The van der Waals surface area contributed by atoms with Crippen LogP contribution in [0, 0.1) is 0 Å². The average Bonchev–Trinajstić information content (AvgIpc) is 3.23. The van der Waals surface area contributed by atoms with Crippen LogP contribution in [0.15, 0.2) is 41.6 Å². The van der Waals surface area contributed by atoms with Crippen molar-refractivity contribution in [1.82, 2.24) is 14.8 Å². The smallest absolute Gasteiger partial charge is 0.234 e. The Morgan fingerprint density at radius 1 is 1.09 bits per heavy atom. The van der Waals surface area contributed by atoms with Gasteiger partial charge in [-0.2, -0.15) is 0 Å². The highest BCUT2D eigenvalue weighted by Crippen LogP contribution is 2.36. The van der Waals surface area contributed by atoms with Crippen LogP contribution in [0.2, 0.25) is 5.02 Å². The van der Waals surface area contributed by atoms with Crippen molar-refractivity contribution in [3.8, 4) is 17.2 Å². The third-order valence-corrected chi connectivity index (χ3v) is 6.54. The number of hydrogen-bond donors (Lipinski definition) is 1. The molecular weight excluding hydrogens is 488 g/mol. The molecule has 3 rings (SSSR count). The lowest BCUT2D eigenvalue weighted by Crippen LogP contribution is -2.15. The van der Waals surface area contributed by atoms with Gasteiger partial charge < -0.3 is 24.1 Å². The van der Waals surface area contributed by atoms with Crippen molar-refractivity contribution in [2.24, 2.45) is 0 Å². The van der Waals surface area contributed by atoms with E-state index in [0.717, 1.165) is 5.75 Å². The first-order valence-corrected chi connectivity index (χ1v) is 12.5. The van der Waals surface area contributed by atoms with Crippen LogP contribution in [-0.2, 0) is 23.4 Å². The maximum atomic E-state index is 12.6. The lowest BCUT2D eigenvalue weighted by molar-refractivity contribution is -0.113. The Balaban J connectivity index is 1.61. The predicted molar refractivity (Wildman–Crippen MR) is 139 cm³/mol. The van der Waals surface area contributed by atoms with E-state index in [1.54, 1.807) is 12.1 Å². The van der Waals surface area contributed by atoms with Crippen molar-refractivity contribution in [3.63, 3.8) is 0 Å². The molecule has 0 spiro atoms. The fourth-order valence-corrected chi connectivity index (χ4v) is 4.38. The summed E-state index contributed by atoms with van der Waals surface area (Å²) in [5.41, 5.74) is 1.81. The topological polar surface area (TPSA) is 87.5 Å². The number of thioether (sulfide) groups is 1. The number of carbonyl (C=O) groups is 1. The lowest BCUT2D eigenvalue weighted by Gasteiger charge is -2.19. The number of aromatic nitrogens is 3. The molecule has 0 saturated heterocycles. The second kappa shape index (κ2) is 11.7. The van der Waals surface area contributed by atoms with Crippen molar-refractivity contribution in [1.29, 1.82) is 0 Å². The van der Waals surface area contributed by atoms with Crippen LogP contribution in [0.3, 0.4) is 0 Å². The number of hydrogen-bond acceptors (Lipinski definition) is 7. The van der Waals surface area contributed by atoms with Gasteiger partial charge in [-0.15, -0.1) is 10.2 Å². The summed E-state index contributed by atoms with van der Waals surface area (Å²) in [6.07, 6.45) is 0. The van der Waals surface area contributed by atoms with Gasteiger partial charge in [0.25, 0.3) is 0 Å². The molecule has 0 saturated carbocycles. The molecule has 1 aromatic heterocycles. The average molecular weight is 519 g/mol. The Morgan fingerprint density at radius 2 is 1.77 bits per heavy atom. The number of carbonyl (C=O) groups excluding carboxylic acids is 1. The summed E-state index contributed by atoms with van der Waals surface area (Å²) in [6, 6.07) is 11.3. The van der Waals surface area contributed by atoms with Crippen LogP contribution < -0.4 is 19.5 Å². The Labute approximate surface area is 215 Å². The number of halogens is 1. The number of nitrogens with one attached hydrogen (secondary N) is 1. The number of amides is 1. The minimum absolute atomic E-state index is 0.0874. The quantitative estimate of drug-likeness (QED) is 0.351. The molecule has 0 aliphatic rings. The number of benzene rings is 2. The molecule has 35 heavy (non-hydrogen) atoms. The zero-order valence-electron chi connectivity index (χ0n) is 20.8. The van der Waals surface area contributed by atoms with Crippen molar-refractivity contribution in [3.05, 3.63) is 52.8 Å². The molecule has 8 nitrogen and oxygen atoms in total. The molecule has 3 aromatic rings. The van der Waals surface area contributed by atoms with E-state index in [1.807, 2.05) is 23.6 Å². The zero-order chi connectivity index (χ0) is 25.6. The first kappa shape index (κ1) is 26.7. The molecule has 2 aromatic carbocycles. The molecule has 0 bridgehead atoms. The first-order chi connectivity index (χ1) is 16.7. The van der Waals surface area contributed by atoms with Gasteiger partial charge in [0.05, 0.1) is 30.7 Å². The summed E-state index contributed by atoms with van der Waals surface area (Å²) in [5, 5.41) is 12.4. The van der Waals surface area contributed by atoms with Crippen molar-refractivity contribution < 1.29 is 19.0 Å². The highest BCUT2D eigenvalue weighted by atomic mass is 35.5. The van der Waals surface area contributed by atoms with E-state index in [1.165, 1.54) is 31.5 Å². The molecule has 1 heterocycles. The predicted octanol–water partition coefficient (Wildman–Crippen LogP) is 5.58. The summed E-state index contributed by atoms with van der Waals surface area (Å²) in [7, 11) is 3.02. The van der Waals surface area contributed by atoms with Crippen LogP contribution in [0.4, 0.5) is 5.69 Å². The molecule has 0 radical (unpaired) electrons. The molecule has 10 heteroatoms. The van der Waals surface area contributed by atoms with E-state index in [0.29, 0.717) is 39.7 Å². The molecule has 0 fully saturated rings. The van der Waals surface area contributed by atoms with Gasteiger partial charge in [-0.1, -0.05) is 56.3 Å². The highest BCUT2D eigenvalue weighted by molar-refractivity contribution is 7.99. The summed E-state index contributed by atoms with van der Waals surface area (Å²) >= 11 is 7.43. The van der Waals surface area contributed by atoms with Gasteiger partial charge >= 0.3 is 0 Å². The van der Waals surface area contributed by atoms with Gasteiger partial charge in [0.2, 0.25) is 5.91 Å². The number of ether oxygens (including phenoxy) is 3. The second-order valence-corrected chi connectivity index (χ2v) is 10.1. The van der Waals surface area contributed by atoms with E-state index in [2.05, 4.69) is 48.4 Å². The third-order valence-electron chi connectivity index (χ3n) is 5.28. The number of anilines is 1. The van der Waals surface area contributed by atoms with Gasteiger partial charge in [-0.25, -0.2) is 0 Å². The summed E-state index contributed by atoms with van der Waals surface area (Å²) in [6.45, 7) is 9.46. The Hall–Kier alpha value is -2.91. The molecule has 0 unspecified atom stereocenters. The van der Waals surface area contributed by atoms with E-state index in [-0.39, 0.29) is 23.7 Å². The van der Waals surface area contributed by atoms with Crippen molar-refractivity contribution >= 4 is 35.0 Å². The maximum absolute atomic E-state index is 12.6. The van der Waals surface area contributed by atoms with Gasteiger partial charge in [0.15, 0.2) is 11.0 Å². The first-order valence-electron chi connectivity index (χ1n) is 11.2. The summed E-state index contributed by atoms with van der Waals surface area (Å²) < 4.78 is 18.4.